The summed E-state index contributed by atoms with van der Waals surface area (Å²) < 4.78 is 6.86. The van der Waals surface area contributed by atoms with E-state index in [1.807, 2.05) is 12.1 Å². The molecule has 5 heteroatoms. The fourth-order valence-electron chi connectivity index (χ4n) is 5.62. The van der Waals surface area contributed by atoms with Gasteiger partial charge in [-0.2, -0.15) is 0 Å². The molecule has 0 bridgehead atoms. The van der Waals surface area contributed by atoms with Crippen LogP contribution in [-0.4, -0.2) is 60.6 Å². The maximum atomic E-state index is 13.3. The average Bonchev–Trinajstić information content (AvgIpc) is 3.38. The SMILES string of the molecule is CCN(C(=O)Cc1ccc(Br)cc1)C1CCC2(CCOC2)CC1N1CCCC1. The first kappa shape index (κ1) is 20.4. The largest absolute Gasteiger partial charge is 0.381 e. The van der Waals surface area contributed by atoms with Crippen LogP contribution in [0.15, 0.2) is 28.7 Å². The zero-order valence-electron chi connectivity index (χ0n) is 17.0. The molecule has 1 saturated carbocycles. The van der Waals surface area contributed by atoms with Crippen LogP contribution >= 0.6 is 15.9 Å². The van der Waals surface area contributed by atoms with Crippen LogP contribution < -0.4 is 0 Å². The smallest absolute Gasteiger partial charge is 0.227 e. The third-order valence-corrected chi connectivity index (χ3v) is 7.71. The summed E-state index contributed by atoms with van der Waals surface area (Å²) in [6, 6.07) is 9.00. The summed E-state index contributed by atoms with van der Waals surface area (Å²) in [6.07, 6.45) is 7.80. The molecule has 2 saturated heterocycles. The van der Waals surface area contributed by atoms with Crippen LogP contribution in [0.4, 0.5) is 0 Å². The number of hydrogen-bond donors (Lipinski definition) is 0. The molecule has 28 heavy (non-hydrogen) atoms. The van der Waals surface area contributed by atoms with E-state index in [-0.39, 0.29) is 5.91 Å². The van der Waals surface area contributed by atoms with E-state index in [4.69, 9.17) is 4.74 Å². The van der Waals surface area contributed by atoms with E-state index in [1.54, 1.807) is 0 Å². The van der Waals surface area contributed by atoms with Crippen LogP contribution in [0.5, 0.6) is 0 Å². The molecule has 2 heterocycles. The van der Waals surface area contributed by atoms with Gasteiger partial charge in [-0.25, -0.2) is 0 Å². The van der Waals surface area contributed by atoms with Crippen LogP contribution in [0.2, 0.25) is 0 Å². The summed E-state index contributed by atoms with van der Waals surface area (Å²) in [6.45, 7) is 7.16. The first-order chi connectivity index (χ1) is 13.6. The summed E-state index contributed by atoms with van der Waals surface area (Å²) in [4.78, 5) is 18.1. The number of likely N-dealkylation sites (N-methyl/N-ethyl adjacent to an activating group) is 1. The first-order valence-electron chi connectivity index (χ1n) is 11.0. The number of rotatable bonds is 5. The lowest BCUT2D eigenvalue weighted by Crippen LogP contribution is -2.58. The predicted octanol–water partition coefficient (Wildman–Crippen LogP) is 4.26. The van der Waals surface area contributed by atoms with E-state index in [0.717, 1.165) is 36.2 Å². The fraction of sp³-hybridized carbons (Fsp3) is 0.696. The fourth-order valence-corrected chi connectivity index (χ4v) is 5.88. The second kappa shape index (κ2) is 8.85. The Labute approximate surface area is 177 Å². The number of benzene rings is 1. The minimum Gasteiger partial charge on any atom is -0.381 e. The van der Waals surface area contributed by atoms with Gasteiger partial charge in [-0.15, -0.1) is 0 Å². The molecule has 0 N–H and O–H groups in total. The van der Waals surface area contributed by atoms with Gasteiger partial charge in [0.05, 0.1) is 13.0 Å². The molecule has 3 atom stereocenters. The Balaban J connectivity index is 1.51. The van der Waals surface area contributed by atoms with Crippen molar-refractivity contribution in [2.24, 2.45) is 5.41 Å². The molecule has 1 spiro atoms. The molecule has 0 radical (unpaired) electrons. The summed E-state index contributed by atoms with van der Waals surface area (Å²) in [5.74, 6) is 0.276. The quantitative estimate of drug-likeness (QED) is 0.674. The molecule has 2 aliphatic heterocycles. The number of carbonyl (C=O) groups is 1. The van der Waals surface area contributed by atoms with Gasteiger partial charge < -0.3 is 9.64 Å². The van der Waals surface area contributed by atoms with Crippen LogP contribution in [-0.2, 0) is 16.0 Å². The normalized spacial score (nSPS) is 30.8. The van der Waals surface area contributed by atoms with Gasteiger partial charge in [0.15, 0.2) is 0 Å². The van der Waals surface area contributed by atoms with Gasteiger partial charge in [-0.1, -0.05) is 28.1 Å². The van der Waals surface area contributed by atoms with Crippen molar-refractivity contribution in [3.63, 3.8) is 0 Å². The summed E-state index contributed by atoms with van der Waals surface area (Å²) in [5.41, 5.74) is 1.46. The highest BCUT2D eigenvalue weighted by atomic mass is 79.9. The first-order valence-corrected chi connectivity index (χ1v) is 11.8. The number of ether oxygens (including phenoxy) is 1. The summed E-state index contributed by atoms with van der Waals surface area (Å²) in [7, 11) is 0. The Morgan fingerprint density at radius 2 is 2.00 bits per heavy atom. The highest BCUT2D eigenvalue weighted by Gasteiger charge is 2.47. The number of hydrogen-bond acceptors (Lipinski definition) is 3. The molecule has 3 unspecified atom stereocenters. The van der Waals surface area contributed by atoms with Crippen molar-refractivity contribution in [3.05, 3.63) is 34.3 Å². The van der Waals surface area contributed by atoms with Crippen molar-refractivity contribution in [1.82, 2.24) is 9.80 Å². The second-order valence-corrected chi connectivity index (χ2v) is 9.82. The Bertz CT molecular complexity index is 666. The van der Waals surface area contributed by atoms with E-state index >= 15 is 0 Å². The lowest BCUT2D eigenvalue weighted by Gasteiger charge is -2.49. The van der Waals surface area contributed by atoms with Crippen LogP contribution in [0.25, 0.3) is 0 Å². The second-order valence-electron chi connectivity index (χ2n) is 8.91. The molecule has 154 valence electrons. The Morgan fingerprint density at radius 1 is 1.25 bits per heavy atom. The van der Waals surface area contributed by atoms with Crippen molar-refractivity contribution >= 4 is 21.8 Å². The molecule has 1 aliphatic carbocycles. The molecular formula is C23H33BrN2O2. The van der Waals surface area contributed by atoms with Gasteiger partial charge in [0.1, 0.15) is 0 Å². The van der Waals surface area contributed by atoms with Crippen molar-refractivity contribution in [3.8, 4) is 0 Å². The monoisotopic (exact) mass is 448 g/mol. The van der Waals surface area contributed by atoms with Crippen molar-refractivity contribution < 1.29 is 9.53 Å². The van der Waals surface area contributed by atoms with Gasteiger partial charge >= 0.3 is 0 Å². The van der Waals surface area contributed by atoms with Gasteiger partial charge in [0.25, 0.3) is 0 Å². The van der Waals surface area contributed by atoms with E-state index < -0.39 is 0 Å². The molecule has 3 fully saturated rings. The predicted molar refractivity (Wildman–Crippen MR) is 115 cm³/mol. The molecular weight excluding hydrogens is 416 g/mol. The van der Waals surface area contributed by atoms with Gasteiger partial charge in [0.2, 0.25) is 5.91 Å². The van der Waals surface area contributed by atoms with E-state index in [1.165, 1.54) is 45.2 Å². The Hall–Kier alpha value is -0.910. The van der Waals surface area contributed by atoms with E-state index in [2.05, 4.69) is 44.8 Å². The lowest BCUT2D eigenvalue weighted by molar-refractivity contribution is -0.136. The van der Waals surface area contributed by atoms with E-state index in [0.29, 0.717) is 23.9 Å². The lowest BCUT2D eigenvalue weighted by atomic mass is 9.69. The molecule has 1 amide bonds. The highest BCUT2D eigenvalue weighted by Crippen LogP contribution is 2.46. The maximum Gasteiger partial charge on any atom is 0.227 e. The highest BCUT2D eigenvalue weighted by molar-refractivity contribution is 9.10. The molecule has 4 rings (SSSR count). The number of nitrogens with zero attached hydrogens (tertiary/aromatic N) is 2. The van der Waals surface area contributed by atoms with Crippen molar-refractivity contribution in [2.75, 3.05) is 32.8 Å². The van der Waals surface area contributed by atoms with Crippen LogP contribution in [0.1, 0.15) is 51.0 Å². The van der Waals surface area contributed by atoms with Crippen molar-refractivity contribution in [2.45, 2.75) is 64.0 Å². The standard InChI is InChI=1S/C23H33BrN2O2/c1-2-26(22(27)15-18-5-7-19(24)8-6-18)20-9-10-23(11-14-28-17-23)16-21(20)25-12-3-4-13-25/h5-8,20-21H,2-4,9-17H2,1H3. The molecule has 3 aliphatic rings. The number of carbonyl (C=O) groups excluding carboxylic acids is 1. The maximum absolute atomic E-state index is 13.3. The Morgan fingerprint density at radius 3 is 2.64 bits per heavy atom. The third kappa shape index (κ3) is 4.31. The molecule has 1 aromatic carbocycles. The minimum absolute atomic E-state index is 0.276. The molecule has 4 nitrogen and oxygen atoms in total. The van der Waals surface area contributed by atoms with E-state index in [9.17, 15) is 4.79 Å². The zero-order chi connectivity index (χ0) is 19.6. The van der Waals surface area contributed by atoms with Crippen LogP contribution in [0.3, 0.4) is 0 Å². The number of amides is 1. The van der Waals surface area contributed by atoms with Gasteiger partial charge in [-0.3, -0.25) is 9.69 Å². The number of halogens is 1. The van der Waals surface area contributed by atoms with Crippen LogP contribution in [0, 0.1) is 5.41 Å². The zero-order valence-corrected chi connectivity index (χ0v) is 18.6. The number of likely N-dealkylation sites (tertiary alicyclic amines) is 1. The summed E-state index contributed by atoms with van der Waals surface area (Å²) >= 11 is 3.48. The third-order valence-electron chi connectivity index (χ3n) is 7.18. The van der Waals surface area contributed by atoms with Crippen molar-refractivity contribution in [1.29, 1.82) is 0 Å². The van der Waals surface area contributed by atoms with Gasteiger partial charge in [-0.05, 0) is 81.6 Å². The average molecular weight is 449 g/mol. The van der Waals surface area contributed by atoms with Gasteiger partial charge in [0, 0.05) is 29.7 Å². The molecule has 1 aromatic rings. The molecule has 0 aromatic heterocycles. The minimum atomic E-state index is 0.276. The Kier molecular flexibility index (Phi) is 6.43. The summed E-state index contributed by atoms with van der Waals surface area (Å²) in [5, 5.41) is 0. The topological polar surface area (TPSA) is 32.8 Å².